The first kappa shape index (κ1) is 62.6. The second kappa shape index (κ2) is 54.2. The zero-order valence-electron chi connectivity index (χ0n) is 43.5. The van der Waals surface area contributed by atoms with Crippen molar-refractivity contribution in [2.24, 2.45) is 0 Å². The Kier molecular flexibility index (Phi) is 52.3. The lowest BCUT2D eigenvalue weighted by Crippen LogP contribution is -2.30. The summed E-state index contributed by atoms with van der Waals surface area (Å²) in [6.45, 7) is 6.63. The third kappa shape index (κ3) is 52.5. The molecular weight excluding hydrogens is 805 g/mol. The number of rotatable bonds is 52. The van der Waals surface area contributed by atoms with Gasteiger partial charge in [0, 0.05) is 19.3 Å². The number of hydrogen-bond acceptors (Lipinski definition) is 6. The predicted octanol–water partition coefficient (Wildman–Crippen LogP) is 18.9. The predicted molar refractivity (Wildman–Crippen MR) is 279 cm³/mol. The lowest BCUT2D eigenvalue weighted by atomic mass is 10.0. The molecule has 0 amide bonds. The molecule has 0 unspecified atom stereocenters. The van der Waals surface area contributed by atoms with Gasteiger partial charge in [0.25, 0.3) is 0 Å². The molecule has 0 bridgehead atoms. The van der Waals surface area contributed by atoms with Crippen LogP contribution in [0.4, 0.5) is 0 Å². The van der Waals surface area contributed by atoms with Crippen molar-refractivity contribution < 1.29 is 28.6 Å². The van der Waals surface area contributed by atoms with E-state index >= 15 is 0 Å². The first-order valence-corrected chi connectivity index (χ1v) is 28.5. The number of hydrogen-bond donors (Lipinski definition) is 0. The van der Waals surface area contributed by atoms with Crippen LogP contribution in [0.15, 0.2) is 36.5 Å². The molecule has 0 N–H and O–H groups in total. The SMILES string of the molecule is CCCCC/C=C\C/C=C\C/C=C\CCCCCCC(=O)OC[C@H](COC(=O)CCCCCCCCCCCCCCCCC)OC(=O)CCCCCCCCCCCCCCCCC. The van der Waals surface area contributed by atoms with Crippen LogP contribution >= 0.6 is 0 Å². The first-order chi connectivity index (χ1) is 32.0. The summed E-state index contributed by atoms with van der Waals surface area (Å²) in [5, 5.41) is 0. The monoisotopic (exact) mass is 913 g/mol. The molecule has 0 spiro atoms. The van der Waals surface area contributed by atoms with E-state index in [0.29, 0.717) is 19.3 Å². The summed E-state index contributed by atoms with van der Waals surface area (Å²) < 4.78 is 16.9. The van der Waals surface area contributed by atoms with Gasteiger partial charge < -0.3 is 14.2 Å². The smallest absolute Gasteiger partial charge is 0.306 e. The quantitative estimate of drug-likeness (QED) is 0.0262. The molecule has 0 saturated carbocycles. The Labute approximate surface area is 404 Å². The molecule has 0 aliphatic rings. The van der Waals surface area contributed by atoms with Crippen molar-refractivity contribution in [1.82, 2.24) is 0 Å². The standard InChI is InChI=1S/C59H108O6/c1-4-7-10-13-16-19-22-25-28-29-32-34-37-40-43-46-49-52-58(61)64-55-56(65-59(62)53-50-47-44-41-38-35-31-27-24-21-18-15-12-9-6-3)54-63-57(60)51-48-45-42-39-36-33-30-26-23-20-17-14-11-8-5-2/h16,19,25,28,32,34,56H,4-15,17-18,20-24,26-27,29-31,33,35-55H2,1-3H3/b19-16-,28-25-,34-32-/t56-/m0/s1. The van der Waals surface area contributed by atoms with Gasteiger partial charge in [-0.1, -0.05) is 263 Å². The van der Waals surface area contributed by atoms with Crippen molar-refractivity contribution in [2.45, 2.75) is 309 Å². The Morgan fingerprint density at radius 1 is 0.308 bits per heavy atom. The summed E-state index contributed by atoms with van der Waals surface area (Å²) in [6.07, 6.45) is 64.1. The normalized spacial score (nSPS) is 12.2. The van der Waals surface area contributed by atoms with Gasteiger partial charge in [0.05, 0.1) is 0 Å². The molecule has 0 aliphatic carbocycles. The fourth-order valence-corrected chi connectivity index (χ4v) is 8.33. The molecule has 0 saturated heterocycles. The van der Waals surface area contributed by atoms with E-state index in [0.717, 1.165) is 83.5 Å². The summed E-state index contributed by atoms with van der Waals surface area (Å²) in [4.78, 5) is 38.1. The molecule has 65 heavy (non-hydrogen) atoms. The highest BCUT2D eigenvalue weighted by atomic mass is 16.6. The number of esters is 3. The molecule has 6 nitrogen and oxygen atoms in total. The third-order valence-corrected chi connectivity index (χ3v) is 12.6. The Bertz CT molecular complexity index is 1090. The van der Waals surface area contributed by atoms with E-state index in [-0.39, 0.29) is 31.1 Å². The summed E-state index contributed by atoms with van der Waals surface area (Å²) in [5.74, 6) is -0.878. The summed E-state index contributed by atoms with van der Waals surface area (Å²) >= 11 is 0. The zero-order valence-corrected chi connectivity index (χ0v) is 43.5. The van der Waals surface area contributed by atoms with Crippen LogP contribution in [0.1, 0.15) is 303 Å². The van der Waals surface area contributed by atoms with Crippen LogP contribution in [-0.4, -0.2) is 37.2 Å². The highest BCUT2D eigenvalue weighted by Crippen LogP contribution is 2.17. The number of carbonyl (C=O) groups excluding carboxylic acids is 3. The highest BCUT2D eigenvalue weighted by molar-refractivity contribution is 5.71. The second-order valence-corrected chi connectivity index (χ2v) is 19.2. The maximum atomic E-state index is 12.8. The van der Waals surface area contributed by atoms with Crippen molar-refractivity contribution in [3.63, 3.8) is 0 Å². The van der Waals surface area contributed by atoms with Gasteiger partial charge in [0.15, 0.2) is 6.10 Å². The Hall–Kier alpha value is -2.37. The minimum atomic E-state index is -0.776. The van der Waals surface area contributed by atoms with E-state index in [4.69, 9.17) is 14.2 Å². The fraction of sp³-hybridized carbons (Fsp3) is 0.847. The molecule has 0 aromatic rings. The lowest BCUT2D eigenvalue weighted by molar-refractivity contribution is -0.167. The van der Waals surface area contributed by atoms with Gasteiger partial charge in [-0.05, 0) is 57.8 Å². The first-order valence-electron chi connectivity index (χ1n) is 28.5. The average Bonchev–Trinajstić information content (AvgIpc) is 3.30. The molecule has 380 valence electrons. The number of unbranched alkanes of at least 4 members (excludes halogenated alkanes) is 35. The minimum absolute atomic E-state index is 0.0745. The second-order valence-electron chi connectivity index (χ2n) is 19.2. The molecule has 0 aromatic heterocycles. The largest absolute Gasteiger partial charge is 0.462 e. The van der Waals surface area contributed by atoms with Gasteiger partial charge in [0.2, 0.25) is 0 Å². The highest BCUT2D eigenvalue weighted by Gasteiger charge is 2.19. The van der Waals surface area contributed by atoms with E-state index in [1.807, 2.05) is 0 Å². The Balaban J connectivity index is 4.37. The topological polar surface area (TPSA) is 78.9 Å². The molecule has 6 heteroatoms. The molecular formula is C59H108O6. The summed E-state index contributed by atoms with van der Waals surface area (Å²) in [5.41, 5.74) is 0. The van der Waals surface area contributed by atoms with Gasteiger partial charge in [-0.25, -0.2) is 0 Å². The molecule has 1 atom stereocenters. The molecule has 0 rings (SSSR count). The molecule has 0 heterocycles. The number of carbonyl (C=O) groups is 3. The van der Waals surface area contributed by atoms with Crippen LogP contribution < -0.4 is 0 Å². The molecule has 0 aromatic carbocycles. The van der Waals surface area contributed by atoms with E-state index in [9.17, 15) is 14.4 Å². The third-order valence-electron chi connectivity index (χ3n) is 12.6. The van der Waals surface area contributed by atoms with Crippen LogP contribution in [0.25, 0.3) is 0 Å². The van der Waals surface area contributed by atoms with Crippen molar-refractivity contribution in [3.05, 3.63) is 36.5 Å². The fourth-order valence-electron chi connectivity index (χ4n) is 8.33. The number of ether oxygens (including phenoxy) is 3. The van der Waals surface area contributed by atoms with Crippen molar-refractivity contribution >= 4 is 17.9 Å². The number of allylic oxidation sites excluding steroid dienone is 6. The van der Waals surface area contributed by atoms with Crippen molar-refractivity contribution in [2.75, 3.05) is 13.2 Å². The maximum Gasteiger partial charge on any atom is 0.306 e. The lowest BCUT2D eigenvalue weighted by Gasteiger charge is -2.18. The van der Waals surface area contributed by atoms with Crippen molar-refractivity contribution in [3.8, 4) is 0 Å². The Morgan fingerprint density at radius 2 is 0.554 bits per heavy atom. The zero-order chi connectivity index (χ0) is 47.2. The summed E-state index contributed by atoms with van der Waals surface area (Å²) in [6, 6.07) is 0. The van der Waals surface area contributed by atoms with Gasteiger partial charge in [0.1, 0.15) is 13.2 Å². The van der Waals surface area contributed by atoms with Crippen molar-refractivity contribution in [1.29, 1.82) is 0 Å². The van der Waals surface area contributed by atoms with Crippen LogP contribution in [0, 0.1) is 0 Å². The maximum absolute atomic E-state index is 12.8. The summed E-state index contributed by atoms with van der Waals surface area (Å²) in [7, 11) is 0. The van der Waals surface area contributed by atoms with Crippen LogP contribution in [0.5, 0.6) is 0 Å². The van der Waals surface area contributed by atoms with Gasteiger partial charge in [-0.3, -0.25) is 14.4 Å². The van der Waals surface area contributed by atoms with E-state index in [2.05, 4.69) is 57.2 Å². The average molecular weight is 914 g/mol. The van der Waals surface area contributed by atoms with Crippen LogP contribution in [0.2, 0.25) is 0 Å². The van der Waals surface area contributed by atoms with Gasteiger partial charge in [-0.15, -0.1) is 0 Å². The van der Waals surface area contributed by atoms with Gasteiger partial charge in [-0.2, -0.15) is 0 Å². The molecule has 0 fully saturated rings. The Morgan fingerprint density at radius 3 is 0.892 bits per heavy atom. The van der Waals surface area contributed by atoms with Crippen LogP contribution in [0.3, 0.4) is 0 Å². The van der Waals surface area contributed by atoms with Crippen LogP contribution in [-0.2, 0) is 28.6 Å². The van der Waals surface area contributed by atoms with E-state index in [1.165, 1.54) is 180 Å². The van der Waals surface area contributed by atoms with E-state index in [1.54, 1.807) is 0 Å². The molecule has 0 radical (unpaired) electrons. The molecule has 0 aliphatic heterocycles. The van der Waals surface area contributed by atoms with Gasteiger partial charge >= 0.3 is 17.9 Å². The van der Waals surface area contributed by atoms with E-state index < -0.39 is 6.10 Å². The minimum Gasteiger partial charge on any atom is -0.462 e.